The van der Waals surface area contributed by atoms with Crippen molar-refractivity contribution in [2.45, 2.75) is 26.4 Å². The second kappa shape index (κ2) is 6.19. The van der Waals surface area contributed by atoms with Crippen LogP contribution >= 0.6 is 11.3 Å². The van der Waals surface area contributed by atoms with Crippen molar-refractivity contribution in [1.29, 1.82) is 0 Å². The van der Waals surface area contributed by atoms with Crippen LogP contribution in [0.5, 0.6) is 0 Å². The van der Waals surface area contributed by atoms with Gasteiger partial charge in [0.15, 0.2) is 0 Å². The summed E-state index contributed by atoms with van der Waals surface area (Å²) in [6.45, 7) is 5.23. The highest BCUT2D eigenvalue weighted by atomic mass is 32.1. The molecule has 0 aliphatic carbocycles. The van der Waals surface area contributed by atoms with E-state index < -0.39 is 17.7 Å². The molecule has 1 aromatic heterocycles. The number of carboxylic acids is 1. The minimum atomic E-state index is -1.08. The Hall–Kier alpha value is -2.34. The number of nitrogens with one attached hydrogen (secondary N) is 1. The molecule has 0 bridgehead atoms. The Labute approximate surface area is 132 Å². The van der Waals surface area contributed by atoms with Gasteiger partial charge in [0.25, 0.3) is 0 Å². The zero-order chi connectivity index (χ0) is 16.3. The lowest BCUT2D eigenvalue weighted by Crippen LogP contribution is -2.27. The van der Waals surface area contributed by atoms with E-state index in [4.69, 9.17) is 4.74 Å². The van der Waals surface area contributed by atoms with Crippen LogP contribution in [0.4, 0.5) is 10.5 Å². The quantitative estimate of drug-likeness (QED) is 0.875. The molecule has 0 aliphatic heterocycles. The molecule has 116 valence electrons. The minimum Gasteiger partial charge on any atom is -0.477 e. The summed E-state index contributed by atoms with van der Waals surface area (Å²) < 4.78 is 5.15. The first-order chi connectivity index (χ1) is 10.3. The maximum absolute atomic E-state index is 11.8. The van der Waals surface area contributed by atoms with Crippen molar-refractivity contribution in [2.75, 3.05) is 5.32 Å². The number of benzene rings is 1. The first kappa shape index (κ1) is 16.0. The lowest BCUT2D eigenvalue weighted by Gasteiger charge is -2.19. The molecule has 1 amide bonds. The number of aromatic carboxylic acids is 1. The first-order valence-corrected chi connectivity index (χ1v) is 7.50. The van der Waals surface area contributed by atoms with Crippen LogP contribution < -0.4 is 5.32 Å². The van der Waals surface area contributed by atoms with Gasteiger partial charge >= 0.3 is 12.1 Å². The molecule has 5 nitrogen and oxygen atoms in total. The number of ether oxygens (including phenoxy) is 1. The van der Waals surface area contributed by atoms with Crippen LogP contribution in [0.1, 0.15) is 30.4 Å². The summed E-state index contributed by atoms with van der Waals surface area (Å²) in [6.07, 6.45) is -0.674. The Kier molecular flexibility index (Phi) is 4.51. The van der Waals surface area contributed by atoms with E-state index in [1.807, 2.05) is 30.3 Å². The molecule has 0 unspecified atom stereocenters. The third kappa shape index (κ3) is 4.08. The van der Waals surface area contributed by atoms with Gasteiger partial charge in [-0.05, 0) is 32.4 Å². The van der Waals surface area contributed by atoms with Gasteiger partial charge in [-0.2, -0.15) is 0 Å². The van der Waals surface area contributed by atoms with Crippen molar-refractivity contribution < 1.29 is 19.4 Å². The van der Waals surface area contributed by atoms with Gasteiger partial charge < -0.3 is 9.84 Å². The van der Waals surface area contributed by atoms with E-state index in [9.17, 15) is 14.7 Å². The third-order valence-corrected chi connectivity index (χ3v) is 3.79. The highest BCUT2D eigenvalue weighted by Gasteiger charge is 2.21. The fraction of sp³-hybridized carbons (Fsp3) is 0.250. The molecule has 0 radical (unpaired) electrons. The van der Waals surface area contributed by atoms with Gasteiger partial charge in [-0.15, -0.1) is 11.3 Å². The predicted octanol–water partition coefficient (Wildman–Crippen LogP) is 4.46. The number of carbonyl (C=O) groups is 2. The highest BCUT2D eigenvalue weighted by Crippen LogP contribution is 2.35. The Morgan fingerprint density at radius 1 is 1.18 bits per heavy atom. The van der Waals surface area contributed by atoms with Crippen molar-refractivity contribution in [3.8, 4) is 10.4 Å². The number of thiophene rings is 1. The molecule has 0 fully saturated rings. The second-order valence-electron chi connectivity index (χ2n) is 5.65. The molecule has 0 saturated heterocycles. The van der Waals surface area contributed by atoms with E-state index >= 15 is 0 Å². The van der Waals surface area contributed by atoms with Crippen LogP contribution in [0.2, 0.25) is 0 Å². The number of carbonyl (C=O) groups excluding carboxylic acids is 1. The molecule has 1 heterocycles. The molecular weight excluding hydrogens is 302 g/mol. The Morgan fingerprint density at radius 3 is 2.36 bits per heavy atom. The number of amides is 1. The predicted molar refractivity (Wildman–Crippen MR) is 86.6 cm³/mol. The normalized spacial score (nSPS) is 11.0. The van der Waals surface area contributed by atoms with Crippen LogP contribution in [0.25, 0.3) is 10.4 Å². The van der Waals surface area contributed by atoms with Crippen molar-refractivity contribution in [3.05, 3.63) is 41.3 Å². The zero-order valence-corrected chi connectivity index (χ0v) is 13.4. The van der Waals surface area contributed by atoms with E-state index in [0.717, 1.165) is 21.8 Å². The topological polar surface area (TPSA) is 75.6 Å². The highest BCUT2D eigenvalue weighted by molar-refractivity contribution is 7.18. The van der Waals surface area contributed by atoms with Crippen molar-refractivity contribution in [3.63, 3.8) is 0 Å². The largest absolute Gasteiger partial charge is 0.477 e. The fourth-order valence-electron chi connectivity index (χ4n) is 1.80. The van der Waals surface area contributed by atoms with Gasteiger partial charge in [-0.25, -0.2) is 9.59 Å². The van der Waals surface area contributed by atoms with E-state index in [1.165, 1.54) is 0 Å². The van der Waals surface area contributed by atoms with Gasteiger partial charge in [0, 0.05) is 4.88 Å². The van der Waals surface area contributed by atoms with Gasteiger partial charge in [-0.3, -0.25) is 5.32 Å². The average molecular weight is 319 g/mol. The van der Waals surface area contributed by atoms with E-state index in [2.05, 4.69) is 5.32 Å². The molecule has 2 aromatic rings. The molecule has 1 aromatic carbocycles. The van der Waals surface area contributed by atoms with Gasteiger partial charge in [-0.1, -0.05) is 30.3 Å². The standard InChI is InChI=1S/C16H17NO4S/c1-16(2,3)21-15(20)17-11-9-12(22-13(11)14(18)19)10-7-5-4-6-8-10/h4-9H,1-3H3,(H,17,20)(H,18,19). The average Bonchev–Trinajstić information content (AvgIpc) is 2.81. The van der Waals surface area contributed by atoms with E-state index in [1.54, 1.807) is 26.8 Å². The summed E-state index contributed by atoms with van der Waals surface area (Å²) in [5.74, 6) is -1.08. The van der Waals surface area contributed by atoms with E-state index in [-0.39, 0.29) is 10.6 Å². The van der Waals surface area contributed by atoms with Crippen molar-refractivity contribution in [2.24, 2.45) is 0 Å². The zero-order valence-electron chi connectivity index (χ0n) is 12.5. The molecule has 0 spiro atoms. The van der Waals surface area contributed by atoms with Gasteiger partial charge in [0.1, 0.15) is 10.5 Å². The molecule has 2 N–H and O–H groups in total. The van der Waals surface area contributed by atoms with Crippen LogP contribution in [-0.2, 0) is 4.74 Å². The third-order valence-electron chi connectivity index (χ3n) is 2.62. The lowest BCUT2D eigenvalue weighted by atomic mass is 10.2. The van der Waals surface area contributed by atoms with Crippen LogP contribution in [-0.4, -0.2) is 22.8 Å². The fourth-order valence-corrected chi connectivity index (χ4v) is 2.76. The molecule has 0 aliphatic rings. The van der Waals surface area contributed by atoms with Crippen molar-refractivity contribution >= 4 is 29.1 Å². The maximum Gasteiger partial charge on any atom is 0.412 e. The van der Waals surface area contributed by atoms with Crippen LogP contribution in [0, 0.1) is 0 Å². The summed E-state index contributed by atoms with van der Waals surface area (Å²) in [4.78, 5) is 24.0. The molecule has 6 heteroatoms. The van der Waals surface area contributed by atoms with Crippen LogP contribution in [0.15, 0.2) is 36.4 Å². The van der Waals surface area contributed by atoms with Crippen molar-refractivity contribution in [1.82, 2.24) is 0 Å². The molecule has 22 heavy (non-hydrogen) atoms. The SMILES string of the molecule is CC(C)(C)OC(=O)Nc1cc(-c2ccccc2)sc1C(=O)O. The summed E-state index contributed by atoms with van der Waals surface area (Å²) in [5, 5.41) is 11.8. The molecular formula is C16H17NO4S. The summed E-state index contributed by atoms with van der Waals surface area (Å²) in [5.41, 5.74) is 0.490. The van der Waals surface area contributed by atoms with Gasteiger partial charge in [0.05, 0.1) is 5.69 Å². The number of hydrogen-bond donors (Lipinski definition) is 2. The molecule has 0 atom stereocenters. The number of hydrogen-bond acceptors (Lipinski definition) is 4. The van der Waals surface area contributed by atoms with Crippen LogP contribution in [0.3, 0.4) is 0 Å². The minimum absolute atomic E-state index is 0.0738. The number of rotatable bonds is 3. The maximum atomic E-state index is 11.8. The first-order valence-electron chi connectivity index (χ1n) is 6.69. The second-order valence-corrected chi connectivity index (χ2v) is 6.70. The summed E-state index contributed by atoms with van der Waals surface area (Å²) >= 11 is 1.11. The van der Waals surface area contributed by atoms with Gasteiger partial charge in [0.2, 0.25) is 0 Å². The Bertz CT molecular complexity index is 686. The Morgan fingerprint density at radius 2 is 1.82 bits per heavy atom. The summed E-state index contributed by atoms with van der Waals surface area (Å²) in [6, 6.07) is 11.0. The monoisotopic (exact) mass is 319 g/mol. The van der Waals surface area contributed by atoms with E-state index in [0.29, 0.717) is 0 Å². The Balaban J connectivity index is 2.29. The summed E-state index contributed by atoms with van der Waals surface area (Å²) in [7, 11) is 0. The lowest BCUT2D eigenvalue weighted by molar-refractivity contribution is 0.0636. The number of carboxylic acid groups (broad SMARTS) is 1. The number of anilines is 1. The molecule has 0 saturated carbocycles. The smallest absolute Gasteiger partial charge is 0.412 e. The molecule has 2 rings (SSSR count).